The molecule has 3 saturated carbocycles. The van der Waals surface area contributed by atoms with Crippen LogP contribution >= 0.6 is 0 Å². The predicted molar refractivity (Wildman–Crippen MR) is 103 cm³/mol. The van der Waals surface area contributed by atoms with Gasteiger partial charge in [0, 0.05) is 24.1 Å². The predicted octanol–water partition coefficient (Wildman–Crippen LogP) is 4.08. The summed E-state index contributed by atoms with van der Waals surface area (Å²) >= 11 is 0. The monoisotopic (exact) mass is 350 g/mol. The van der Waals surface area contributed by atoms with E-state index in [-0.39, 0.29) is 5.41 Å². The van der Waals surface area contributed by atoms with Gasteiger partial charge in [-0.25, -0.2) is 0 Å². The Kier molecular flexibility index (Phi) is 6.10. The van der Waals surface area contributed by atoms with E-state index in [4.69, 9.17) is 4.84 Å². The molecule has 3 fully saturated rings. The number of hydrogen-bond donors (Lipinski definition) is 1. The standard InChI is InChI=1S/C21H38N2O2/c1-20-11-9-18(17-7-5-4-6-8-17)15-21(20,24)12-10-19(20)16-22-25-14-13-23(2)3/h16-19,24H,4-15H2,1-3H3/t18-,19+,20+,21-/m0/s1. The minimum absolute atomic E-state index is 0.0213. The second kappa shape index (κ2) is 7.96. The molecule has 0 aromatic heterocycles. The number of fused-ring (bicyclic) bond motifs is 1. The van der Waals surface area contributed by atoms with Crippen LogP contribution in [0.15, 0.2) is 5.16 Å². The van der Waals surface area contributed by atoms with Crippen molar-refractivity contribution in [3.05, 3.63) is 0 Å². The van der Waals surface area contributed by atoms with Gasteiger partial charge in [-0.3, -0.25) is 0 Å². The first-order valence-electron chi connectivity index (χ1n) is 10.5. The molecule has 25 heavy (non-hydrogen) atoms. The van der Waals surface area contributed by atoms with E-state index < -0.39 is 5.60 Å². The molecule has 3 aliphatic rings. The van der Waals surface area contributed by atoms with Gasteiger partial charge < -0.3 is 14.8 Å². The van der Waals surface area contributed by atoms with Crippen LogP contribution < -0.4 is 0 Å². The third-order valence-corrected chi connectivity index (χ3v) is 7.65. The Balaban J connectivity index is 1.57. The van der Waals surface area contributed by atoms with Gasteiger partial charge in [-0.15, -0.1) is 0 Å². The van der Waals surface area contributed by atoms with Crippen molar-refractivity contribution in [3.63, 3.8) is 0 Å². The summed E-state index contributed by atoms with van der Waals surface area (Å²) in [5.41, 5.74) is -0.514. The highest BCUT2D eigenvalue weighted by atomic mass is 16.6. The molecule has 0 radical (unpaired) electrons. The lowest BCUT2D eigenvalue weighted by Gasteiger charge is -2.50. The topological polar surface area (TPSA) is 45.1 Å². The summed E-state index contributed by atoms with van der Waals surface area (Å²) in [6.45, 7) is 3.81. The zero-order chi connectivity index (χ0) is 17.9. The van der Waals surface area contributed by atoms with Crippen molar-refractivity contribution in [1.29, 1.82) is 0 Å². The van der Waals surface area contributed by atoms with Crippen molar-refractivity contribution in [2.75, 3.05) is 27.2 Å². The van der Waals surface area contributed by atoms with Gasteiger partial charge >= 0.3 is 0 Å². The minimum atomic E-state index is -0.492. The molecule has 0 unspecified atom stereocenters. The maximum absolute atomic E-state index is 11.5. The summed E-state index contributed by atoms with van der Waals surface area (Å²) in [4.78, 5) is 7.52. The Morgan fingerprint density at radius 2 is 1.84 bits per heavy atom. The van der Waals surface area contributed by atoms with Crippen molar-refractivity contribution in [1.82, 2.24) is 4.90 Å². The van der Waals surface area contributed by atoms with Gasteiger partial charge in [0.1, 0.15) is 6.61 Å². The van der Waals surface area contributed by atoms with Crippen LogP contribution in [-0.4, -0.2) is 49.1 Å². The van der Waals surface area contributed by atoms with Crippen LogP contribution in [-0.2, 0) is 4.84 Å². The Morgan fingerprint density at radius 1 is 1.08 bits per heavy atom. The first kappa shape index (κ1) is 19.2. The molecule has 0 spiro atoms. The molecule has 0 aromatic carbocycles. The normalized spacial score (nSPS) is 39.9. The highest BCUT2D eigenvalue weighted by molar-refractivity contribution is 5.62. The van der Waals surface area contributed by atoms with Crippen molar-refractivity contribution in [2.45, 2.75) is 76.7 Å². The van der Waals surface area contributed by atoms with E-state index in [1.165, 1.54) is 38.5 Å². The van der Waals surface area contributed by atoms with Gasteiger partial charge in [0.2, 0.25) is 0 Å². The van der Waals surface area contributed by atoms with Crippen molar-refractivity contribution in [3.8, 4) is 0 Å². The summed E-state index contributed by atoms with van der Waals surface area (Å²) in [6.07, 6.45) is 14.4. The highest BCUT2D eigenvalue weighted by Gasteiger charge is 2.59. The van der Waals surface area contributed by atoms with Crippen LogP contribution in [0, 0.1) is 23.2 Å². The Hall–Kier alpha value is -0.610. The average molecular weight is 351 g/mol. The lowest BCUT2D eigenvalue weighted by atomic mass is 9.57. The van der Waals surface area contributed by atoms with E-state index in [0.717, 1.165) is 44.1 Å². The molecule has 4 heteroatoms. The van der Waals surface area contributed by atoms with Crippen molar-refractivity contribution in [2.24, 2.45) is 28.3 Å². The minimum Gasteiger partial charge on any atom is -0.395 e. The molecule has 1 N–H and O–H groups in total. The smallest absolute Gasteiger partial charge is 0.129 e. The van der Waals surface area contributed by atoms with E-state index in [2.05, 4.69) is 17.0 Å². The molecule has 3 rings (SSSR count). The number of rotatable bonds is 6. The molecular formula is C21H38N2O2. The molecule has 3 aliphatic carbocycles. The molecule has 4 nitrogen and oxygen atoms in total. The number of hydrogen-bond acceptors (Lipinski definition) is 4. The SMILES string of the molecule is CN(C)CCON=C[C@H]1CC[C@]2(O)C[C@@H](C3CCCCC3)CC[C@]12C. The fourth-order valence-corrected chi connectivity index (χ4v) is 5.76. The van der Waals surface area contributed by atoms with E-state index in [9.17, 15) is 5.11 Å². The summed E-state index contributed by atoms with van der Waals surface area (Å²) in [6, 6.07) is 0. The summed E-state index contributed by atoms with van der Waals surface area (Å²) < 4.78 is 0. The van der Waals surface area contributed by atoms with Crippen LogP contribution in [0.1, 0.15) is 71.1 Å². The van der Waals surface area contributed by atoms with Gasteiger partial charge in [-0.05, 0) is 58.0 Å². The van der Waals surface area contributed by atoms with Crippen LogP contribution in [0.5, 0.6) is 0 Å². The molecule has 0 bridgehead atoms. The number of oxime groups is 1. The zero-order valence-corrected chi connectivity index (χ0v) is 16.5. The van der Waals surface area contributed by atoms with Crippen LogP contribution in [0.3, 0.4) is 0 Å². The van der Waals surface area contributed by atoms with Gasteiger partial charge in [-0.2, -0.15) is 0 Å². The van der Waals surface area contributed by atoms with Gasteiger partial charge in [-0.1, -0.05) is 44.2 Å². The van der Waals surface area contributed by atoms with Gasteiger partial charge in [0.05, 0.1) is 5.60 Å². The van der Waals surface area contributed by atoms with Crippen LogP contribution in [0.4, 0.5) is 0 Å². The molecular weight excluding hydrogens is 312 g/mol. The number of likely N-dealkylation sites (N-methyl/N-ethyl adjacent to an activating group) is 1. The highest BCUT2D eigenvalue weighted by Crippen LogP contribution is 2.60. The third-order valence-electron chi connectivity index (χ3n) is 7.65. The molecule has 0 aromatic rings. The number of aliphatic hydroxyl groups is 1. The summed E-state index contributed by atoms with van der Waals surface area (Å²) in [5.74, 6) is 1.96. The second-order valence-electron chi connectivity index (χ2n) is 9.39. The lowest BCUT2D eigenvalue weighted by molar-refractivity contribution is -0.115. The van der Waals surface area contributed by atoms with Crippen molar-refractivity contribution >= 4 is 6.21 Å². The third kappa shape index (κ3) is 4.05. The largest absolute Gasteiger partial charge is 0.395 e. The Labute approximate surface area is 154 Å². The molecule has 0 saturated heterocycles. The fourth-order valence-electron chi connectivity index (χ4n) is 5.76. The Bertz CT molecular complexity index is 461. The molecule has 144 valence electrons. The molecule has 0 heterocycles. The van der Waals surface area contributed by atoms with E-state index in [1.54, 1.807) is 0 Å². The molecule has 0 amide bonds. The number of nitrogens with zero attached hydrogens (tertiary/aromatic N) is 2. The summed E-state index contributed by atoms with van der Waals surface area (Å²) in [5, 5.41) is 15.7. The van der Waals surface area contributed by atoms with Crippen LogP contribution in [0.2, 0.25) is 0 Å². The van der Waals surface area contributed by atoms with Gasteiger partial charge in [0.25, 0.3) is 0 Å². The van der Waals surface area contributed by atoms with Crippen molar-refractivity contribution < 1.29 is 9.94 Å². The maximum Gasteiger partial charge on any atom is 0.129 e. The zero-order valence-electron chi connectivity index (χ0n) is 16.5. The van der Waals surface area contributed by atoms with Crippen LogP contribution in [0.25, 0.3) is 0 Å². The maximum atomic E-state index is 11.5. The Morgan fingerprint density at radius 3 is 2.56 bits per heavy atom. The summed E-state index contributed by atoms with van der Waals surface area (Å²) in [7, 11) is 4.08. The average Bonchev–Trinajstić information content (AvgIpc) is 2.86. The fraction of sp³-hybridized carbons (Fsp3) is 0.952. The lowest BCUT2D eigenvalue weighted by Crippen LogP contribution is -2.51. The van der Waals surface area contributed by atoms with Gasteiger partial charge in [0.15, 0.2) is 0 Å². The first-order chi connectivity index (χ1) is 11.9. The first-order valence-corrected chi connectivity index (χ1v) is 10.5. The van der Waals surface area contributed by atoms with E-state index in [1.807, 2.05) is 20.3 Å². The molecule has 0 aliphatic heterocycles. The van der Waals surface area contributed by atoms with E-state index >= 15 is 0 Å². The van der Waals surface area contributed by atoms with E-state index in [0.29, 0.717) is 12.5 Å². The quantitative estimate of drug-likeness (QED) is 0.446. The molecule has 4 atom stereocenters. The second-order valence-corrected chi connectivity index (χ2v) is 9.39.